The van der Waals surface area contributed by atoms with Crippen LogP contribution in [-0.2, 0) is 9.59 Å². The van der Waals surface area contributed by atoms with Crippen molar-refractivity contribution in [3.63, 3.8) is 0 Å². The van der Waals surface area contributed by atoms with Gasteiger partial charge in [-0.2, -0.15) is 0 Å². The molecule has 0 aliphatic rings. The number of aldehydes is 2. The van der Waals surface area contributed by atoms with Crippen molar-refractivity contribution in [1.82, 2.24) is 0 Å². The monoisotopic (exact) mass is 214 g/mol. The van der Waals surface area contributed by atoms with Gasteiger partial charge in [0, 0.05) is 0 Å². The number of hydrogen-bond donors (Lipinski definition) is 0. The second-order valence-electron chi connectivity index (χ2n) is 3.06. The maximum Gasteiger partial charge on any atom is 0.142 e. The Morgan fingerprint density at radius 2 is 1.19 bits per heavy atom. The van der Waals surface area contributed by atoms with Gasteiger partial charge in [0.15, 0.2) is 0 Å². The summed E-state index contributed by atoms with van der Waals surface area (Å²) in [7, 11) is 0. The maximum absolute atomic E-state index is 10.0. The van der Waals surface area contributed by atoms with Crippen molar-refractivity contribution in [2.24, 2.45) is 0 Å². The molecular weight excluding hydrogens is 200 g/mol. The standard InChI is InChI=1S/C14H14O2/c1-13(9-5-11-15)7-3-4-8-14(2)10-6-12-16/h5-12H,1-2H3/b9-5-,10-6+,13-7+,14-8+. The molecule has 0 amide bonds. The molecule has 0 saturated carbocycles. The zero-order chi connectivity index (χ0) is 12.2. The van der Waals surface area contributed by atoms with E-state index in [4.69, 9.17) is 0 Å². The third-order valence-electron chi connectivity index (χ3n) is 1.56. The van der Waals surface area contributed by atoms with Crippen molar-refractivity contribution in [3.05, 3.63) is 47.6 Å². The summed E-state index contributed by atoms with van der Waals surface area (Å²) in [6, 6.07) is 0. The zero-order valence-electron chi connectivity index (χ0n) is 9.44. The fourth-order valence-electron chi connectivity index (χ4n) is 0.789. The molecule has 0 aromatic carbocycles. The van der Waals surface area contributed by atoms with E-state index in [9.17, 15) is 9.59 Å². The molecule has 16 heavy (non-hydrogen) atoms. The van der Waals surface area contributed by atoms with Crippen LogP contribution in [0.25, 0.3) is 0 Å². The van der Waals surface area contributed by atoms with E-state index in [1.54, 1.807) is 24.3 Å². The van der Waals surface area contributed by atoms with Crippen LogP contribution in [0.2, 0.25) is 0 Å². The van der Waals surface area contributed by atoms with Gasteiger partial charge in [-0.1, -0.05) is 24.0 Å². The van der Waals surface area contributed by atoms with Crippen LogP contribution in [0, 0.1) is 11.8 Å². The molecule has 0 radical (unpaired) electrons. The van der Waals surface area contributed by atoms with Crippen LogP contribution in [0.5, 0.6) is 0 Å². The number of hydrogen-bond acceptors (Lipinski definition) is 2. The molecule has 0 rings (SSSR count). The summed E-state index contributed by atoms with van der Waals surface area (Å²) in [6.07, 6.45) is 11.1. The van der Waals surface area contributed by atoms with Gasteiger partial charge >= 0.3 is 0 Å². The summed E-state index contributed by atoms with van der Waals surface area (Å²) in [5.41, 5.74) is 1.82. The van der Waals surface area contributed by atoms with E-state index in [0.717, 1.165) is 23.7 Å². The van der Waals surface area contributed by atoms with E-state index in [2.05, 4.69) is 11.8 Å². The van der Waals surface area contributed by atoms with Crippen molar-refractivity contribution in [2.45, 2.75) is 13.8 Å². The number of allylic oxidation sites excluding steroid dienone is 8. The minimum absolute atomic E-state index is 0.721. The average molecular weight is 214 g/mol. The Hall–Kier alpha value is -2.14. The Morgan fingerprint density at radius 3 is 1.50 bits per heavy atom. The fraction of sp³-hybridized carbons (Fsp3) is 0.143. The van der Waals surface area contributed by atoms with Crippen molar-refractivity contribution in [1.29, 1.82) is 0 Å². The van der Waals surface area contributed by atoms with Crippen LogP contribution in [-0.4, -0.2) is 12.6 Å². The number of carbonyl (C=O) groups is 2. The highest BCUT2D eigenvalue weighted by Crippen LogP contribution is 1.94. The van der Waals surface area contributed by atoms with Crippen molar-refractivity contribution < 1.29 is 9.59 Å². The lowest BCUT2D eigenvalue weighted by Crippen LogP contribution is -1.69. The molecule has 0 spiro atoms. The number of carbonyl (C=O) groups excluding carboxylic acids is 2. The maximum atomic E-state index is 10.0. The smallest absolute Gasteiger partial charge is 0.142 e. The Kier molecular flexibility index (Phi) is 8.16. The first-order chi connectivity index (χ1) is 7.70. The van der Waals surface area contributed by atoms with Gasteiger partial charge < -0.3 is 0 Å². The summed E-state index contributed by atoms with van der Waals surface area (Å²) in [5, 5.41) is 0. The molecule has 0 fully saturated rings. The Morgan fingerprint density at radius 1 is 0.812 bits per heavy atom. The first kappa shape index (κ1) is 13.9. The van der Waals surface area contributed by atoms with Gasteiger partial charge in [-0.15, -0.1) is 0 Å². The van der Waals surface area contributed by atoms with Gasteiger partial charge in [-0.3, -0.25) is 9.59 Å². The van der Waals surface area contributed by atoms with Gasteiger partial charge in [0.05, 0.1) is 0 Å². The molecule has 0 aliphatic heterocycles. The molecule has 0 N–H and O–H groups in total. The summed E-state index contributed by atoms with van der Waals surface area (Å²) in [5.74, 6) is 5.65. The van der Waals surface area contributed by atoms with Crippen LogP contribution in [0.15, 0.2) is 47.6 Å². The summed E-state index contributed by atoms with van der Waals surface area (Å²) < 4.78 is 0. The Labute approximate surface area is 96.0 Å². The van der Waals surface area contributed by atoms with E-state index < -0.39 is 0 Å². The van der Waals surface area contributed by atoms with Crippen LogP contribution in [0.1, 0.15) is 13.8 Å². The first-order valence-corrected chi connectivity index (χ1v) is 4.79. The molecule has 2 nitrogen and oxygen atoms in total. The van der Waals surface area contributed by atoms with Crippen LogP contribution >= 0.6 is 0 Å². The molecular formula is C14H14O2. The summed E-state index contributed by atoms with van der Waals surface area (Å²) >= 11 is 0. The van der Waals surface area contributed by atoms with E-state index in [1.165, 1.54) is 12.2 Å². The normalized spacial score (nSPS) is 12.6. The molecule has 0 heterocycles. The van der Waals surface area contributed by atoms with Crippen LogP contribution in [0.3, 0.4) is 0 Å². The lowest BCUT2D eigenvalue weighted by atomic mass is 10.2. The second-order valence-corrected chi connectivity index (χ2v) is 3.06. The van der Waals surface area contributed by atoms with E-state index in [0.29, 0.717) is 0 Å². The third kappa shape index (κ3) is 8.46. The van der Waals surface area contributed by atoms with Crippen molar-refractivity contribution >= 4 is 12.6 Å². The molecule has 0 bridgehead atoms. The van der Waals surface area contributed by atoms with Gasteiger partial charge in [0.1, 0.15) is 12.6 Å². The van der Waals surface area contributed by atoms with Gasteiger partial charge in [-0.25, -0.2) is 0 Å². The molecule has 0 aromatic heterocycles. The van der Waals surface area contributed by atoms with Crippen LogP contribution < -0.4 is 0 Å². The summed E-state index contributed by atoms with van der Waals surface area (Å²) in [4.78, 5) is 20.1. The minimum Gasteiger partial charge on any atom is -0.299 e. The molecule has 82 valence electrons. The largest absolute Gasteiger partial charge is 0.299 e. The lowest BCUT2D eigenvalue weighted by molar-refractivity contribution is -0.104. The molecule has 0 atom stereocenters. The second kappa shape index (κ2) is 9.42. The molecule has 2 heteroatoms. The zero-order valence-corrected chi connectivity index (χ0v) is 9.44. The Bertz CT molecular complexity index is 372. The highest BCUT2D eigenvalue weighted by Gasteiger charge is 1.77. The minimum atomic E-state index is 0.721. The van der Waals surface area contributed by atoms with Crippen LogP contribution in [0.4, 0.5) is 0 Å². The molecule has 0 saturated heterocycles. The molecule has 0 aliphatic carbocycles. The highest BCUT2D eigenvalue weighted by molar-refractivity contribution is 5.66. The SMILES string of the molecule is CC(/C=C\C=O)=C\C#C/C=C(C)/C=C/C=O. The molecule has 0 aromatic rings. The first-order valence-electron chi connectivity index (χ1n) is 4.79. The van der Waals surface area contributed by atoms with Crippen molar-refractivity contribution in [3.8, 4) is 11.8 Å². The van der Waals surface area contributed by atoms with E-state index in [1.807, 2.05) is 13.8 Å². The Balaban J connectivity index is 4.41. The average Bonchev–Trinajstić information content (AvgIpc) is 2.29. The van der Waals surface area contributed by atoms with Gasteiger partial charge in [0.2, 0.25) is 0 Å². The topological polar surface area (TPSA) is 34.1 Å². The van der Waals surface area contributed by atoms with E-state index >= 15 is 0 Å². The predicted molar refractivity (Wildman–Crippen MR) is 65.7 cm³/mol. The van der Waals surface area contributed by atoms with Gasteiger partial charge in [0.25, 0.3) is 0 Å². The molecule has 0 unspecified atom stereocenters. The quantitative estimate of drug-likeness (QED) is 0.311. The van der Waals surface area contributed by atoms with E-state index in [-0.39, 0.29) is 0 Å². The number of rotatable bonds is 4. The predicted octanol–water partition coefficient (Wildman–Crippen LogP) is 2.39. The van der Waals surface area contributed by atoms with Gasteiger partial charge in [-0.05, 0) is 49.3 Å². The van der Waals surface area contributed by atoms with Crippen molar-refractivity contribution in [2.75, 3.05) is 0 Å². The third-order valence-corrected chi connectivity index (χ3v) is 1.56. The highest BCUT2D eigenvalue weighted by atomic mass is 16.1. The fourth-order valence-corrected chi connectivity index (χ4v) is 0.789. The lowest BCUT2D eigenvalue weighted by Gasteiger charge is -1.84. The summed E-state index contributed by atoms with van der Waals surface area (Å²) in [6.45, 7) is 3.72.